The molecule has 0 aliphatic rings. The molecule has 0 amide bonds. The van der Waals surface area contributed by atoms with E-state index in [1.54, 1.807) is 18.2 Å². The van der Waals surface area contributed by atoms with Crippen molar-refractivity contribution in [3.63, 3.8) is 0 Å². The normalized spacial score (nSPS) is 12.4. The maximum atomic E-state index is 13.5. The first-order valence-corrected chi connectivity index (χ1v) is 5.82. The van der Waals surface area contributed by atoms with Gasteiger partial charge in [-0.3, -0.25) is 0 Å². The molecule has 0 saturated carbocycles. The number of rotatable bonds is 3. The molecule has 18 heavy (non-hydrogen) atoms. The summed E-state index contributed by atoms with van der Waals surface area (Å²) in [5.74, 6) is -0.970. The van der Waals surface area contributed by atoms with E-state index in [2.05, 4.69) is 0 Å². The van der Waals surface area contributed by atoms with Gasteiger partial charge in [-0.2, -0.15) is 0 Å². The smallest absolute Gasteiger partial charge is 0.129 e. The first kappa shape index (κ1) is 13.0. The van der Waals surface area contributed by atoms with Crippen LogP contribution in [-0.4, -0.2) is 5.11 Å². The molecule has 0 heterocycles. The molecule has 0 bridgehead atoms. The number of hydrogen-bond donors (Lipinski definition) is 1. The van der Waals surface area contributed by atoms with Crippen LogP contribution in [0.1, 0.15) is 17.2 Å². The minimum absolute atomic E-state index is 0.00390. The molecule has 0 spiro atoms. The van der Waals surface area contributed by atoms with Crippen molar-refractivity contribution in [1.82, 2.24) is 0 Å². The van der Waals surface area contributed by atoms with Crippen LogP contribution in [0.15, 0.2) is 42.5 Å². The molecular formula is C14H11ClF2O. The summed E-state index contributed by atoms with van der Waals surface area (Å²) in [6.45, 7) is 0. The summed E-state index contributed by atoms with van der Waals surface area (Å²) in [4.78, 5) is 0. The van der Waals surface area contributed by atoms with Crippen molar-refractivity contribution in [3.8, 4) is 0 Å². The maximum absolute atomic E-state index is 13.5. The Morgan fingerprint density at radius 3 is 2.50 bits per heavy atom. The predicted octanol–water partition coefficient (Wildman–Crippen LogP) is 3.89. The van der Waals surface area contributed by atoms with Crippen molar-refractivity contribution < 1.29 is 13.9 Å². The molecule has 1 unspecified atom stereocenters. The summed E-state index contributed by atoms with van der Waals surface area (Å²) >= 11 is 5.74. The SMILES string of the molecule is OC(Cc1ccccc1F)c1cc(Cl)ccc1F. The highest BCUT2D eigenvalue weighted by molar-refractivity contribution is 6.30. The molecule has 2 aromatic carbocycles. The Balaban J connectivity index is 2.25. The lowest BCUT2D eigenvalue weighted by Crippen LogP contribution is -2.05. The lowest BCUT2D eigenvalue weighted by Gasteiger charge is -2.13. The zero-order valence-corrected chi connectivity index (χ0v) is 10.2. The van der Waals surface area contributed by atoms with E-state index in [0.29, 0.717) is 10.6 Å². The van der Waals surface area contributed by atoms with Crippen molar-refractivity contribution >= 4 is 11.6 Å². The number of aliphatic hydroxyl groups excluding tert-OH is 1. The minimum Gasteiger partial charge on any atom is -0.388 e. The molecule has 0 aliphatic carbocycles. The molecule has 4 heteroatoms. The van der Waals surface area contributed by atoms with Crippen molar-refractivity contribution in [2.45, 2.75) is 12.5 Å². The quantitative estimate of drug-likeness (QED) is 0.895. The summed E-state index contributed by atoms with van der Waals surface area (Å²) in [5.41, 5.74) is 0.412. The van der Waals surface area contributed by atoms with Crippen LogP contribution in [0, 0.1) is 11.6 Å². The highest BCUT2D eigenvalue weighted by Gasteiger charge is 2.15. The Bertz CT molecular complexity index is 557. The number of hydrogen-bond acceptors (Lipinski definition) is 1. The van der Waals surface area contributed by atoms with Crippen LogP contribution in [0.4, 0.5) is 8.78 Å². The molecule has 2 aromatic rings. The minimum atomic E-state index is -1.12. The summed E-state index contributed by atoms with van der Waals surface area (Å²) in [5, 5.41) is 10.3. The van der Waals surface area contributed by atoms with E-state index in [-0.39, 0.29) is 12.0 Å². The first-order chi connectivity index (χ1) is 8.58. The van der Waals surface area contributed by atoms with Gasteiger partial charge in [-0.05, 0) is 29.8 Å². The predicted molar refractivity (Wildman–Crippen MR) is 66.5 cm³/mol. The van der Waals surface area contributed by atoms with E-state index in [1.807, 2.05) is 0 Å². The molecule has 94 valence electrons. The summed E-state index contributed by atoms with van der Waals surface area (Å²) in [7, 11) is 0. The first-order valence-electron chi connectivity index (χ1n) is 5.44. The zero-order valence-electron chi connectivity index (χ0n) is 9.41. The van der Waals surface area contributed by atoms with Crippen LogP contribution in [0.2, 0.25) is 5.02 Å². The van der Waals surface area contributed by atoms with Gasteiger partial charge in [-0.25, -0.2) is 8.78 Å². The van der Waals surface area contributed by atoms with Crippen LogP contribution < -0.4 is 0 Å². The van der Waals surface area contributed by atoms with Gasteiger partial charge in [0.25, 0.3) is 0 Å². The molecule has 1 nitrogen and oxygen atoms in total. The fourth-order valence-corrected chi connectivity index (χ4v) is 1.93. The van der Waals surface area contributed by atoms with E-state index < -0.39 is 17.7 Å². The fourth-order valence-electron chi connectivity index (χ4n) is 1.75. The highest BCUT2D eigenvalue weighted by atomic mass is 35.5. The van der Waals surface area contributed by atoms with Crippen molar-refractivity contribution in [3.05, 3.63) is 70.2 Å². The van der Waals surface area contributed by atoms with Gasteiger partial charge in [0.2, 0.25) is 0 Å². The van der Waals surface area contributed by atoms with Crippen LogP contribution in [0.3, 0.4) is 0 Å². The second kappa shape index (κ2) is 5.46. The van der Waals surface area contributed by atoms with Crippen LogP contribution >= 0.6 is 11.6 Å². The molecule has 0 saturated heterocycles. The summed E-state index contributed by atoms with van der Waals surface area (Å²) < 4.78 is 26.9. The monoisotopic (exact) mass is 268 g/mol. The average molecular weight is 269 g/mol. The fraction of sp³-hybridized carbons (Fsp3) is 0.143. The number of aliphatic hydroxyl groups is 1. The third-order valence-corrected chi connectivity index (χ3v) is 2.92. The Kier molecular flexibility index (Phi) is 3.94. The van der Waals surface area contributed by atoms with Gasteiger partial charge in [0.15, 0.2) is 0 Å². The molecular weight excluding hydrogens is 258 g/mol. The van der Waals surface area contributed by atoms with Crippen molar-refractivity contribution in [2.75, 3.05) is 0 Å². The average Bonchev–Trinajstić information content (AvgIpc) is 2.35. The zero-order chi connectivity index (χ0) is 13.1. The van der Waals surface area contributed by atoms with Gasteiger partial charge in [0.05, 0.1) is 6.10 Å². The Morgan fingerprint density at radius 2 is 1.78 bits per heavy atom. The number of halogens is 3. The van der Waals surface area contributed by atoms with Gasteiger partial charge in [0.1, 0.15) is 11.6 Å². The third kappa shape index (κ3) is 2.86. The van der Waals surface area contributed by atoms with E-state index in [9.17, 15) is 13.9 Å². The van der Waals surface area contributed by atoms with Gasteiger partial charge in [-0.15, -0.1) is 0 Å². The Hall–Kier alpha value is -1.45. The number of benzene rings is 2. The van der Waals surface area contributed by atoms with E-state index >= 15 is 0 Å². The van der Waals surface area contributed by atoms with E-state index in [4.69, 9.17) is 11.6 Å². The molecule has 0 aliphatic heterocycles. The van der Waals surface area contributed by atoms with Gasteiger partial charge in [-0.1, -0.05) is 29.8 Å². The molecule has 1 N–H and O–H groups in total. The van der Waals surface area contributed by atoms with Crippen molar-refractivity contribution in [2.24, 2.45) is 0 Å². The second-order valence-corrected chi connectivity index (χ2v) is 4.41. The molecule has 1 atom stereocenters. The topological polar surface area (TPSA) is 20.2 Å². The molecule has 0 aromatic heterocycles. The standard InChI is InChI=1S/C14H11ClF2O/c15-10-5-6-13(17)11(8-10)14(18)7-9-3-1-2-4-12(9)16/h1-6,8,14,18H,7H2. The molecule has 2 rings (SSSR count). The second-order valence-electron chi connectivity index (χ2n) is 3.98. The van der Waals surface area contributed by atoms with Gasteiger partial charge in [0, 0.05) is 17.0 Å². The molecule has 0 fully saturated rings. The maximum Gasteiger partial charge on any atom is 0.129 e. The van der Waals surface area contributed by atoms with Crippen LogP contribution in [0.25, 0.3) is 0 Å². The third-order valence-electron chi connectivity index (χ3n) is 2.69. The Labute approximate surface area is 109 Å². The van der Waals surface area contributed by atoms with Gasteiger partial charge < -0.3 is 5.11 Å². The molecule has 0 radical (unpaired) electrons. The van der Waals surface area contributed by atoms with E-state index in [0.717, 1.165) is 0 Å². The lowest BCUT2D eigenvalue weighted by molar-refractivity contribution is 0.172. The van der Waals surface area contributed by atoms with Crippen molar-refractivity contribution in [1.29, 1.82) is 0 Å². The van der Waals surface area contributed by atoms with Gasteiger partial charge >= 0.3 is 0 Å². The lowest BCUT2D eigenvalue weighted by atomic mass is 10.0. The summed E-state index contributed by atoms with van der Waals surface area (Å²) in [6, 6.07) is 10.0. The van der Waals surface area contributed by atoms with Crippen LogP contribution in [0.5, 0.6) is 0 Å². The largest absolute Gasteiger partial charge is 0.388 e. The summed E-state index contributed by atoms with van der Waals surface area (Å²) in [6.07, 6.45) is -1.12. The van der Waals surface area contributed by atoms with E-state index in [1.165, 1.54) is 24.3 Å². The Morgan fingerprint density at radius 1 is 1.06 bits per heavy atom. The van der Waals surface area contributed by atoms with Crippen LogP contribution in [-0.2, 0) is 6.42 Å². The highest BCUT2D eigenvalue weighted by Crippen LogP contribution is 2.25.